The van der Waals surface area contributed by atoms with Crippen LogP contribution in [-0.4, -0.2) is 39.9 Å². The molecule has 0 saturated heterocycles. The first-order valence-electron chi connectivity index (χ1n) is 10.5. The molecule has 0 aliphatic rings. The van der Waals surface area contributed by atoms with Crippen molar-refractivity contribution < 1.29 is 0 Å². The average Bonchev–Trinajstić information content (AvgIpc) is 2.48. The number of hydrogen-bond donors (Lipinski definition) is 1. The third-order valence-electron chi connectivity index (χ3n) is 5.21. The highest BCUT2D eigenvalue weighted by molar-refractivity contribution is 5.78. The van der Waals surface area contributed by atoms with Crippen LogP contribution in [0.4, 0.5) is 0 Å². The second-order valence-corrected chi connectivity index (χ2v) is 7.69. The van der Waals surface area contributed by atoms with Crippen molar-refractivity contribution in [1.82, 2.24) is 9.80 Å². The Bertz CT molecular complexity index is 275. The van der Waals surface area contributed by atoms with Crippen LogP contribution in [0.15, 0.2) is 0 Å². The summed E-state index contributed by atoms with van der Waals surface area (Å²) in [5.74, 6) is 0.763. The van der Waals surface area contributed by atoms with E-state index in [9.17, 15) is 0 Å². The maximum Gasteiger partial charge on any atom is 0.194 e. The maximum atomic E-state index is 9.09. The normalized spacial score (nSPS) is 16.3. The molecule has 3 nitrogen and oxygen atoms in total. The number of rotatable bonds is 12. The Morgan fingerprint density at radius 3 is 0.958 bits per heavy atom. The molecule has 0 aromatic carbocycles. The third-order valence-corrected chi connectivity index (χ3v) is 5.21. The van der Waals surface area contributed by atoms with E-state index in [1.807, 2.05) is 0 Å². The van der Waals surface area contributed by atoms with Crippen molar-refractivity contribution in [1.29, 1.82) is 5.41 Å². The van der Waals surface area contributed by atoms with Crippen molar-refractivity contribution in [3.05, 3.63) is 0 Å². The molecule has 0 radical (unpaired) electrons. The van der Waals surface area contributed by atoms with E-state index in [4.69, 9.17) is 5.41 Å². The van der Waals surface area contributed by atoms with Gasteiger partial charge in [0.25, 0.3) is 0 Å². The van der Waals surface area contributed by atoms with Crippen molar-refractivity contribution in [3.8, 4) is 0 Å². The summed E-state index contributed by atoms with van der Waals surface area (Å²) in [6, 6.07) is 1.76. The van der Waals surface area contributed by atoms with Gasteiger partial charge in [-0.05, 0) is 53.4 Å². The summed E-state index contributed by atoms with van der Waals surface area (Å²) in [5.41, 5.74) is 0. The lowest BCUT2D eigenvalue weighted by atomic mass is 10.0. The Kier molecular flexibility index (Phi) is 12.2. The minimum absolute atomic E-state index is 0.439. The fraction of sp³-hybridized carbons (Fsp3) is 0.952. The van der Waals surface area contributed by atoms with Gasteiger partial charge in [0.1, 0.15) is 0 Å². The SMILES string of the molecule is CCCC(C)N(C(=N)N(C(C)CCC)C(C)CCC)C(C)CCC. The van der Waals surface area contributed by atoms with Gasteiger partial charge >= 0.3 is 0 Å². The van der Waals surface area contributed by atoms with Gasteiger partial charge in [-0.2, -0.15) is 0 Å². The largest absolute Gasteiger partial charge is 0.338 e. The van der Waals surface area contributed by atoms with Gasteiger partial charge < -0.3 is 9.80 Å². The minimum atomic E-state index is 0.439. The minimum Gasteiger partial charge on any atom is -0.338 e. The quantitative estimate of drug-likeness (QED) is 0.335. The highest BCUT2D eigenvalue weighted by atomic mass is 15.4. The van der Waals surface area contributed by atoms with Crippen molar-refractivity contribution in [2.24, 2.45) is 0 Å². The van der Waals surface area contributed by atoms with Crippen LogP contribution in [0.3, 0.4) is 0 Å². The van der Waals surface area contributed by atoms with Crippen molar-refractivity contribution in [2.75, 3.05) is 0 Å². The molecule has 3 heteroatoms. The summed E-state index contributed by atoms with van der Waals surface area (Å²) >= 11 is 0. The van der Waals surface area contributed by atoms with E-state index in [1.54, 1.807) is 0 Å². The smallest absolute Gasteiger partial charge is 0.194 e. The van der Waals surface area contributed by atoms with E-state index in [0.717, 1.165) is 31.6 Å². The number of nitrogens with one attached hydrogen (secondary N) is 1. The molecule has 24 heavy (non-hydrogen) atoms. The first-order valence-corrected chi connectivity index (χ1v) is 10.5. The molecule has 0 spiro atoms. The van der Waals surface area contributed by atoms with Gasteiger partial charge in [0.05, 0.1) is 0 Å². The van der Waals surface area contributed by atoms with Gasteiger partial charge in [0.15, 0.2) is 5.96 Å². The zero-order chi connectivity index (χ0) is 18.7. The number of hydrogen-bond acceptors (Lipinski definition) is 1. The van der Waals surface area contributed by atoms with E-state index in [2.05, 4.69) is 65.2 Å². The Balaban J connectivity index is 5.51. The Morgan fingerprint density at radius 2 is 0.792 bits per heavy atom. The molecule has 0 aliphatic carbocycles. The average molecular weight is 340 g/mol. The number of nitrogens with zero attached hydrogens (tertiary/aromatic N) is 2. The zero-order valence-electron chi connectivity index (χ0n) is 17.9. The molecule has 0 amide bonds. The van der Waals surface area contributed by atoms with Crippen LogP contribution in [0.25, 0.3) is 0 Å². The summed E-state index contributed by atoms with van der Waals surface area (Å²) in [5, 5.41) is 9.09. The molecule has 0 aliphatic heterocycles. The molecular formula is C21H45N3. The predicted octanol–water partition coefficient (Wildman–Crippen LogP) is 6.28. The first-order chi connectivity index (χ1) is 11.3. The van der Waals surface area contributed by atoms with Crippen molar-refractivity contribution in [3.63, 3.8) is 0 Å². The van der Waals surface area contributed by atoms with Crippen LogP contribution in [0.1, 0.15) is 107 Å². The fourth-order valence-corrected chi connectivity index (χ4v) is 4.06. The Hall–Kier alpha value is -0.730. The van der Waals surface area contributed by atoms with E-state index >= 15 is 0 Å². The monoisotopic (exact) mass is 339 g/mol. The van der Waals surface area contributed by atoms with Gasteiger partial charge in [-0.15, -0.1) is 0 Å². The first kappa shape index (κ1) is 23.3. The van der Waals surface area contributed by atoms with Crippen LogP contribution < -0.4 is 0 Å². The molecule has 1 N–H and O–H groups in total. The highest BCUT2D eigenvalue weighted by Gasteiger charge is 2.30. The van der Waals surface area contributed by atoms with E-state index < -0.39 is 0 Å². The van der Waals surface area contributed by atoms with Crippen molar-refractivity contribution in [2.45, 2.75) is 131 Å². The Morgan fingerprint density at radius 1 is 0.583 bits per heavy atom. The summed E-state index contributed by atoms with van der Waals surface area (Å²) in [6.45, 7) is 18.2. The standard InChI is InChI=1S/C21H45N3/c1-9-13-17(5)23(18(6)14-10-2)21(22)24(19(7)15-11-3)20(8)16-12-4/h17-20,22H,9-16H2,1-8H3. The van der Waals surface area contributed by atoms with E-state index in [-0.39, 0.29) is 0 Å². The lowest BCUT2D eigenvalue weighted by molar-refractivity contribution is 0.155. The third kappa shape index (κ3) is 7.03. The van der Waals surface area contributed by atoms with Gasteiger partial charge in [-0.1, -0.05) is 53.4 Å². The van der Waals surface area contributed by atoms with Crippen LogP contribution in [0.5, 0.6) is 0 Å². The fourth-order valence-electron chi connectivity index (χ4n) is 4.06. The lowest BCUT2D eigenvalue weighted by Crippen LogP contribution is -2.56. The van der Waals surface area contributed by atoms with E-state index in [1.165, 1.54) is 25.7 Å². The number of guanidine groups is 1. The predicted molar refractivity (Wildman–Crippen MR) is 109 cm³/mol. The summed E-state index contributed by atoms with van der Waals surface area (Å²) < 4.78 is 0. The molecule has 4 unspecified atom stereocenters. The second-order valence-electron chi connectivity index (χ2n) is 7.69. The molecule has 0 aromatic heterocycles. The second kappa shape index (κ2) is 12.6. The van der Waals surface area contributed by atoms with Gasteiger partial charge in [0.2, 0.25) is 0 Å². The molecule has 0 fully saturated rings. The molecular weight excluding hydrogens is 294 g/mol. The van der Waals surface area contributed by atoms with Crippen LogP contribution in [0.2, 0.25) is 0 Å². The van der Waals surface area contributed by atoms with Crippen LogP contribution in [0, 0.1) is 5.41 Å². The topological polar surface area (TPSA) is 30.3 Å². The lowest BCUT2D eigenvalue weighted by Gasteiger charge is -2.45. The van der Waals surface area contributed by atoms with Crippen LogP contribution in [-0.2, 0) is 0 Å². The molecule has 4 atom stereocenters. The molecule has 0 saturated carbocycles. The summed E-state index contributed by atoms with van der Waals surface area (Å²) in [7, 11) is 0. The maximum absolute atomic E-state index is 9.09. The zero-order valence-corrected chi connectivity index (χ0v) is 17.9. The molecule has 0 rings (SSSR count). The van der Waals surface area contributed by atoms with Gasteiger partial charge in [0, 0.05) is 24.2 Å². The Labute approximate surface area is 152 Å². The molecule has 144 valence electrons. The molecule has 0 heterocycles. The molecule has 0 aromatic rings. The summed E-state index contributed by atoms with van der Waals surface area (Å²) in [6.07, 6.45) is 9.36. The van der Waals surface area contributed by atoms with Gasteiger partial charge in [-0.25, -0.2) is 0 Å². The van der Waals surface area contributed by atoms with Crippen molar-refractivity contribution >= 4 is 5.96 Å². The molecule has 0 bridgehead atoms. The summed E-state index contributed by atoms with van der Waals surface area (Å²) in [4.78, 5) is 4.82. The van der Waals surface area contributed by atoms with E-state index in [0.29, 0.717) is 24.2 Å². The van der Waals surface area contributed by atoms with Crippen LogP contribution >= 0.6 is 0 Å². The highest BCUT2D eigenvalue weighted by Crippen LogP contribution is 2.22. The van der Waals surface area contributed by atoms with Gasteiger partial charge in [-0.3, -0.25) is 5.41 Å².